The van der Waals surface area contributed by atoms with Gasteiger partial charge in [0.1, 0.15) is 0 Å². The smallest absolute Gasteiger partial charge is 0.150 e. The topological polar surface area (TPSA) is 30.0 Å². The second-order valence-corrected chi connectivity index (χ2v) is 3.52. The van der Waals surface area contributed by atoms with Crippen LogP contribution in [0.5, 0.6) is 0 Å². The van der Waals surface area contributed by atoms with Crippen LogP contribution in [0.1, 0.15) is 10.4 Å². The molecule has 0 N–H and O–H groups in total. The van der Waals surface area contributed by atoms with Crippen LogP contribution >= 0.6 is 11.3 Å². The lowest BCUT2D eigenvalue weighted by molar-refractivity contribution is 0.112. The maximum atomic E-state index is 10.4. The van der Waals surface area contributed by atoms with Crippen LogP contribution in [0.2, 0.25) is 0 Å². The molecule has 0 saturated heterocycles. The summed E-state index contributed by atoms with van der Waals surface area (Å²) in [7, 11) is 0. The number of hydrogen-bond acceptors (Lipinski definition) is 3. The number of aldehydes is 1. The molecule has 0 aliphatic heterocycles. The summed E-state index contributed by atoms with van der Waals surface area (Å²) in [4.78, 5) is 15.5. The van der Waals surface area contributed by atoms with E-state index in [0.717, 1.165) is 22.3 Å². The highest BCUT2D eigenvalue weighted by Crippen LogP contribution is 2.25. The first-order valence-electron chi connectivity index (χ1n) is 3.84. The minimum atomic E-state index is 0.726. The molecule has 2 rings (SSSR count). The Morgan fingerprint density at radius 3 is 3.00 bits per heavy atom. The van der Waals surface area contributed by atoms with E-state index in [1.807, 2.05) is 23.6 Å². The van der Waals surface area contributed by atoms with Gasteiger partial charge >= 0.3 is 0 Å². The Kier molecular flexibility index (Phi) is 2.19. The Labute approximate surface area is 79.9 Å². The molecule has 0 saturated carbocycles. The molecule has 0 amide bonds. The van der Waals surface area contributed by atoms with Crippen molar-refractivity contribution in [2.45, 2.75) is 0 Å². The largest absolute Gasteiger partial charge is 0.298 e. The SMILES string of the molecule is O=Cc1csc(-c2cccnc2)c1. The number of pyridine rings is 1. The molecule has 2 aromatic heterocycles. The molecule has 3 heteroatoms. The zero-order valence-corrected chi connectivity index (χ0v) is 7.62. The van der Waals surface area contributed by atoms with E-state index in [9.17, 15) is 4.79 Å². The van der Waals surface area contributed by atoms with Crippen molar-refractivity contribution in [1.29, 1.82) is 0 Å². The molecule has 0 unspecified atom stereocenters. The number of nitrogens with zero attached hydrogens (tertiary/aromatic N) is 1. The third-order valence-electron chi connectivity index (χ3n) is 1.70. The van der Waals surface area contributed by atoms with Crippen molar-refractivity contribution < 1.29 is 4.79 Å². The highest BCUT2D eigenvalue weighted by molar-refractivity contribution is 7.13. The van der Waals surface area contributed by atoms with Crippen molar-refractivity contribution >= 4 is 17.6 Å². The second-order valence-electron chi connectivity index (χ2n) is 2.60. The lowest BCUT2D eigenvalue weighted by atomic mass is 10.2. The third-order valence-corrected chi connectivity index (χ3v) is 2.70. The molecule has 0 aromatic carbocycles. The minimum absolute atomic E-state index is 0.726. The molecule has 0 bridgehead atoms. The quantitative estimate of drug-likeness (QED) is 0.680. The lowest BCUT2D eigenvalue weighted by Gasteiger charge is -1.92. The molecule has 64 valence electrons. The molecule has 0 aliphatic rings. The Bertz CT molecular complexity index is 408. The summed E-state index contributed by atoms with van der Waals surface area (Å²) in [6.45, 7) is 0. The van der Waals surface area contributed by atoms with E-state index in [-0.39, 0.29) is 0 Å². The highest BCUT2D eigenvalue weighted by Gasteiger charge is 2.00. The summed E-state index contributed by atoms with van der Waals surface area (Å²) in [5.74, 6) is 0. The lowest BCUT2D eigenvalue weighted by Crippen LogP contribution is -1.74. The van der Waals surface area contributed by atoms with Crippen LogP contribution in [0.4, 0.5) is 0 Å². The van der Waals surface area contributed by atoms with Gasteiger partial charge < -0.3 is 0 Å². The molecular formula is C10H7NOS. The first kappa shape index (κ1) is 8.13. The Morgan fingerprint density at radius 2 is 2.38 bits per heavy atom. The molecular weight excluding hydrogens is 182 g/mol. The van der Waals surface area contributed by atoms with E-state index in [4.69, 9.17) is 0 Å². The molecule has 0 aliphatic carbocycles. The molecule has 0 atom stereocenters. The number of hydrogen-bond donors (Lipinski definition) is 0. The Hall–Kier alpha value is -1.48. The van der Waals surface area contributed by atoms with Gasteiger partial charge in [-0.2, -0.15) is 0 Å². The number of aromatic nitrogens is 1. The maximum absolute atomic E-state index is 10.4. The van der Waals surface area contributed by atoms with Gasteiger partial charge in [-0.1, -0.05) is 6.07 Å². The number of rotatable bonds is 2. The van der Waals surface area contributed by atoms with Gasteiger partial charge in [0, 0.05) is 33.8 Å². The summed E-state index contributed by atoms with van der Waals surface area (Å²) in [6, 6.07) is 5.73. The predicted octanol–water partition coefficient (Wildman–Crippen LogP) is 2.62. The monoisotopic (exact) mass is 189 g/mol. The minimum Gasteiger partial charge on any atom is -0.298 e. The van der Waals surface area contributed by atoms with Gasteiger partial charge in [-0.3, -0.25) is 9.78 Å². The number of thiophene rings is 1. The Balaban J connectivity index is 2.41. The summed E-state index contributed by atoms with van der Waals surface area (Å²) in [5.41, 5.74) is 1.78. The van der Waals surface area contributed by atoms with Crippen LogP contribution in [0, 0.1) is 0 Å². The van der Waals surface area contributed by atoms with Gasteiger partial charge in [-0.05, 0) is 12.1 Å². The second kappa shape index (κ2) is 3.49. The Morgan fingerprint density at radius 1 is 1.46 bits per heavy atom. The van der Waals surface area contributed by atoms with E-state index in [1.54, 1.807) is 23.7 Å². The molecule has 2 nitrogen and oxygen atoms in total. The van der Waals surface area contributed by atoms with E-state index < -0.39 is 0 Å². The maximum Gasteiger partial charge on any atom is 0.150 e. The number of carbonyl (C=O) groups excluding carboxylic acids is 1. The molecule has 13 heavy (non-hydrogen) atoms. The zero-order chi connectivity index (χ0) is 9.10. The summed E-state index contributed by atoms with van der Waals surface area (Å²) in [6.07, 6.45) is 4.38. The van der Waals surface area contributed by atoms with Crippen molar-refractivity contribution in [1.82, 2.24) is 4.98 Å². The van der Waals surface area contributed by atoms with Crippen molar-refractivity contribution in [3.05, 3.63) is 41.5 Å². The number of carbonyl (C=O) groups is 1. The summed E-state index contributed by atoms with van der Waals surface area (Å²) in [5, 5.41) is 1.84. The van der Waals surface area contributed by atoms with E-state index in [0.29, 0.717) is 0 Å². The fourth-order valence-electron chi connectivity index (χ4n) is 1.07. The van der Waals surface area contributed by atoms with Crippen molar-refractivity contribution in [3.63, 3.8) is 0 Å². The molecule has 0 spiro atoms. The average molecular weight is 189 g/mol. The predicted molar refractivity (Wildman–Crippen MR) is 52.9 cm³/mol. The standard InChI is InChI=1S/C10H7NOS/c12-6-8-4-10(13-7-8)9-2-1-3-11-5-9/h1-7H. The van der Waals surface area contributed by atoms with Gasteiger partial charge in [0.05, 0.1) is 0 Å². The first-order chi connectivity index (χ1) is 6.40. The average Bonchev–Trinajstić information content (AvgIpc) is 2.67. The third kappa shape index (κ3) is 1.65. The van der Waals surface area contributed by atoms with Crippen molar-refractivity contribution in [3.8, 4) is 10.4 Å². The van der Waals surface area contributed by atoms with Gasteiger partial charge in [0.15, 0.2) is 6.29 Å². The normalized spacial score (nSPS) is 9.85. The van der Waals surface area contributed by atoms with Crippen LogP contribution in [-0.2, 0) is 0 Å². The van der Waals surface area contributed by atoms with Crippen LogP contribution in [-0.4, -0.2) is 11.3 Å². The van der Waals surface area contributed by atoms with Gasteiger partial charge in [0.25, 0.3) is 0 Å². The molecule has 2 heterocycles. The highest BCUT2D eigenvalue weighted by atomic mass is 32.1. The molecule has 2 aromatic rings. The van der Waals surface area contributed by atoms with E-state index in [1.165, 1.54) is 0 Å². The summed E-state index contributed by atoms with van der Waals surface area (Å²) < 4.78 is 0. The van der Waals surface area contributed by atoms with E-state index in [2.05, 4.69) is 4.98 Å². The van der Waals surface area contributed by atoms with Crippen LogP contribution in [0.25, 0.3) is 10.4 Å². The van der Waals surface area contributed by atoms with Crippen LogP contribution in [0.15, 0.2) is 36.0 Å². The van der Waals surface area contributed by atoms with Crippen molar-refractivity contribution in [2.24, 2.45) is 0 Å². The molecule has 0 radical (unpaired) electrons. The van der Waals surface area contributed by atoms with Gasteiger partial charge in [-0.25, -0.2) is 0 Å². The van der Waals surface area contributed by atoms with Crippen LogP contribution < -0.4 is 0 Å². The first-order valence-corrected chi connectivity index (χ1v) is 4.72. The summed E-state index contributed by atoms with van der Waals surface area (Å²) >= 11 is 1.56. The van der Waals surface area contributed by atoms with Gasteiger partial charge in [0.2, 0.25) is 0 Å². The van der Waals surface area contributed by atoms with E-state index >= 15 is 0 Å². The zero-order valence-electron chi connectivity index (χ0n) is 6.81. The van der Waals surface area contributed by atoms with Gasteiger partial charge in [-0.15, -0.1) is 11.3 Å². The van der Waals surface area contributed by atoms with Crippen molar-refractivity contribution in [2.75, 3.05) is 0 Å². The fourth-order valence-corrected chi connectivity index (χ4v) is 1.92. The van der Waals surface area contributed by atoms with Crippen LogP contribution in [0.3, 0.4) is 0 Å². The molecule has 0 fully saturated rings. The fraction of sp³-hybridized carbons (Fsp3) is 0.